The van der Waals surface area contributed by atoms with E-state index in [9.17, 15) is 9.59 Å². The summed E-state index contributed by atoms with van der Waals surface area (Å²) in [7, 11) is 0. The molecule has 2 unspecified atom stereocenters. The average Bonchev–Trinajstić information content (AvgIpc) is 2.48. The number of amides is 2. The summed E-state index contributed by atoms with van der Waals surface area (Å²) in [4.78, 5) is 27.5. The molecule has 2 heterocycles. The van der Waals surface area contributed by atoms with Crippen molar-refractivity contribution in [2.75, 3.05) is 13.1 Å². The Morgan fingerprint density at radius 3 is 2.77 bits per heavy atom. The van der Waals surface area contributed by atoms with Gasteiger partial charge in [-0.05, 0) is 38.4 Å². The van der Waals surface area contributed by atoms with E-state index in [2.05, 4.69) is 27.9 Å². The minimum atomic E-state index is -0.337. The zero-order chi connectivity index (χ0) is 14.4. The van der Waals surface area contributed by atoms with Crippen LogP contribution in [-0.2, 0) is 4.79 Å². The monoisotopic (exact) mass is 348 g/mol. The second-order valence-corrected chi connectivity index (χ2v) is 4.96. The highest BCUT2D eigenvalue weighted by Crippen LogP contribution is 2.07. The average molecular weight is 349 g/mol. The molecule has 1 aliphatic heterocycles. The number of piperidine rings is 1. The Hall–Kier alpha value is -1.37. The summed E-state index contributed by atoms with van der Waals surface area (Å²) >= 11 is 0. The molecule has 2 amide bonds. The van der Waals surface area contributed by atoms with E-state index in [-0.39, 0.29) is 55.3 Å². The van der Waals surface area contributed by atoms with Gasteiger partial charge in [0.15, 0.2) is 0 Å². The fourth-order valence-electron chi connectivity index (χ4n) is 2.25. The molecule has 0 saturated carbocycles. The van der Waals surface area contributed by atoms with E-state index in [1.165, 1.54) is 0 Å². The van der Waals surface area contributed by atoms with E-state index >= 15 is 0 Å². The van der Waals surface area contributed by atoms with Crippen LogP contribution in [0.15, 0.2) is 24.4 Å². The highest BCUT2D eigenvalue weighted by atomic mass is 35.5. The smallest absolute Gasteiger partial charge is 0.270 e. The van der Waals surface area contributed by atoms with Gasteiger partial charge in [-0.1, -0.05) is 6.07 Å². The molecular formula is C14H22Cl2N4O2. The van der Waals surface area contributed by atoms with E-state index in [0.717, 1.165) is 19.4 Å². The highest BCUT2D eigenvalue weighted by Gasteiger charge is 2.22. The van der Waals surface area contributed by atoms with E-state index in [1.54, 1.807) is 24.4 Å². The fourth-order valence-corrected chi connectivity index (χ4v) is 2.25. The fraction of sp³-hybridized carbons (Fsp3) is 0.500. The van der Waals surface area contributed by atoms with Gasteiger partial charge in [-0.2, -0.15) is 0 Å². The number of nitrogens with one attached hydrogen (secondary N) is 3. The molecule has 1 aliphatic rings. The number of hydrogen-bond acceptors (Lipinski definition) is 4. The van der Waals surface area contributed by atoms with E-state index < -0.39 is 0 Å². The van der Waals surface area contributed by atoms with E-state index in [0.29, 0.717) is 5.69 Å². The molecule has 2 atom stereocenters. The van der Waals surface area contributed by atoms with Crippen LogP contribution in [0.4, 0.5) is 0 Å². The number of nitrogens with zero attached hydrogens (tertiary/aromatic N) is 1. The molecule has 1 aromatic rings. The first-order valence-corrected chi connectivity index (χ1v) is 6.89. The maximum absolute atomic E-state index is 11.8. The lowest BCUT2D eigenvalue weighted by Gasteiger charge is -2.30. The van der Waals surface area contributed by atoms with Crippen molar-refractivity contribution in [2.45, 2.75) is 31.8 Å². The maximum atomic E-state index is 11.8. The lowest BCUT2D eigenvalue weighted by molar-refractivity contribution is -0.121. The second kappa shape index (κ2) is 10.4. The standard InChI is InChI=1S/C14H20N4O2.2ClH/c1-10-11(6-4-8-15-10)18-13(19)9-17-14(20)12-5-2-3-7-16-12;;/h2-3,5,7,10-11,15H,4,6,8-9H2,1H3,(H,17,20)(H,18,19);2*1H. The van der Waals surface area contributed by atoms with Crippen LogP contribution in [0.5, 0.6) is 0 Å². The van der Waals surface area contributed by atoms with Crippen LogP contribution in [-0.4, -0.2) is 42.0 Å². The Bertz CT molecular complexity index is 473. The van der Waals surface area contributed by atoms with Crippen molar-refractivity contribution in [3.05, 3.63) is 30.1 Å². The maximum Gasteiger partial charge on any atom is 0.270 e. The molecule has 0 aliphatic carbocycles. The number of aromatic nitrogens is 1. The Labute approximate surface area is 142 Å². The van der Waals surface area contributed by atoms with Crippen molar-refractivity contribution in [2.24, 2.45) is 0 Å². The topological polar surface area (TPSA) is 83.1 Å². The van der Waals surface area contributed by atoms with Crippen LogP contribution in [0.2, 0.25) is 0 Å². The van der Waals surface area contributed by atoms with Crippen molar-refractivity contribution in [1.82, 2.24) is 20.9 Å². The summed E-state index contributed by atoms with van der Waals surface area (Å²) in [5.74, 6) is -0.509. The molecule has 0 aromatic carbocycles. The molecule has 0 spiro atoms. The summed E-state index contributed by atoms with van der Waals surface area (Å²) < 4.78 is 0. The first-order chi connectivity index (χ1) is 9.66. The zero-order valence-electron chi connectivity index (χ0n) is 12.4. The number of rotatable bonds is 4. The third-order valence-corrected chi connectivity index (χ3v) is 3.42. The molecule has 22 heavy (non-hydrogen) atoms. The Balaban J connectivity index is 0.00000220. The van der Waals surface area contributed by atoms with Gasteiger partial charge < -0.3 is 16.0 Å². The van der Waals surface area contributed by atoms with Crippen molar-refractivity contribution in [3.8, 4) is 0 Å². The molecule has 1 aromatic heterocycles. The minimum absolute atomic E-state index is 0. The van der Waals surface area contributed by atoms with Crippen molar-refractivity contribution < 1.29 is 9.59 Å². The van der Waals surface area contributed by atoms with Crippen LogP contribution in [0.25, 0.3) is 0 Å². The van der Waals surface area contributed by atoms with Crippen molar-refractivity contribution >= 4 is 36.6 Å². The number of hydrogen-bond donors (Lipinski definition) is 3. The van der Waals surface area contributed by atoms with Gasteiger partial charge in [-0.3, -0.25) is 14.6 Å². The molecule has 3 N–H and O–H groups in total. The Morgan fingerprint density at radius 1 is 1.36 bits per heavy atom. The van der Waals surface area contributed by atoms with Crippen LogP contribution in [0, 0.1) is 0 Å². The number of carbonyl (C=O) groups excluding carboxylic acids is 2. The third kappa shape index (κ3) is 6.17. The summed E-state index contributed by atoms with van der Waals surface area (Å²) in [6.07, 6.45) is 3.56. The summed E-state index contributed by atoms with van der Waals surface area (Å²) in [5.41, 5.74) is 0.313. The SMILES string of the molecule is CC1NCCCC1NC(=O)CNC(=O)c1ccccn1.Cl.Cl. The molecule has 1 saturated heterocycles. The van der Waals surface area contributed by atoms with E-state index in [4.69, 9.17) is 0 Å². The normalized spacial score (nSPS) is 20.0. The van der Waals surface area contributed by atoms with E-state index in [1.807, 2.05) is 0 Å². The minimum Gasteiger partial charge on any atom is -0.350 e. The predicted molar refractivity (Wildman–Crippen MR) is 89.7 cm³/mol. The lowest BCUT2D eigenvalue weighted by atomic mass is 10.00. The van der Waals surface area contributed by atoms with Crippen LogP contribution < -0.4 is 16.0 Å². The number of carbonyl (C=O) groups is 2. The first-order valence-electron chi connectivity index (χ1n) is 6.89. The van der Waals surface area contributed by atoms with Gasteiger partial charge in [0.25, 0.3) is 5.91 Å². The molecule has 0 radical (unpaired) electrons. The summed E-state index contributed by atoms with van der Waals surface area (Å²) in [6.45, 7) is 3.01. The van der Waals surface area contributed by atoms with Crippen LogP contribution >= 0.6 is 24.8 Å². The first kappa shape index (κ1) is 20.6. The molecule has 6 nitrogen and oxygen atoms in total. The van der Waals surface area contributed by atoms with Gasteiger partial charge in [-0.25, -0.2) is 0 Å². The van der Waals surface area contributed by atoms with Gasteiger partial charge in [0.2, 0.25) is 5.91 Å². The zero-order valence-corrected chi connectivity index (χ0v) is 14.0. The molecule has 0 bridgehead atoms. The molecule has 1 fully saturated rings. The number of pyridine rings is 1. The largest absolute Gasteiger partial charge is 0.350 e. The van der Waals surface area contributed by atoms with Crippen LogP contribution in [0.1, 0.15) is 30.3 Å². The predicted octanol–water partition coefficient (Wildman–Crippen LogP) is 0.912. The van der Waals surface area contributed by atoms with Gasteiger partial charge in [0, 0.05) is 18.3 Å². The Morgan fingerprint density at radius 2 is 2.14 bits per heavy atom. The van der Waals surface area contributed by atoms with Crippen molar-refractivity contribution in [3.63, 3.8) is 0 Å². The molecule has 2 rings (SSSR count). The Kier molecular flexibility index (Phi) is 9.73. The van der Waals surface area contributed by atoms with Gasteiger partial charge in [-0.15, -0.1) is 24.8 Å². The second-order valence-electron chi connectivity index (χ2n) is 4.96. The molecule has 8 heteroatoms. The van der Waals surface area contributed by atoms with Gasteiger partial charge >= 0.3 is 0 Å². The number of halogens is 2. The summed E-state index contributed by atoms with van der Waals surface area (Å²) in [5, 5.41) is 8.82. The van der Waals surface area contributed by atoms with Crippen LogP contribution in [0.3, 0.4) is 0 Å². The third-order valence-electron chi connectivity index (χ3n) is 3.42. The molecule has 124 valence electrons. The quantitative estimate of drug-likeness (QED) is 0.755. The lowest BCUT2D eigenvalue weighted by Crippen LogP contribution is -2.53. The summed E-state index contributed by atoms with van der Waals surface area (Å²) in [6, 6.07) is 5.47. The van der Waals surface area contributed by atoms with Crippen molar-refractivity contribution in [1.29, 1.82) is 0 Å². The van der Waals surface area contributed by atoms with Gasteiger partial charge in [0.1, 0.15) is 5.69 Å². The van der Waals surface area contributed by atoms with Gasteiger partial charge in [0.05, 0.1) is 6.54 Å². The highest BCUT2D eigenvalue weighted by molar-refractivity contribution is 5.94. The molecular weight excluding hydrogens is 327 g/mol.